The molecule has 1 atom stereocenters. The Hall–Kier alpha value is -3.87. The fourth-order valence-electron chi connectivity index (χ4n) is 5.48. The highest BCUT2D eigenvalue weighted by Gasteiger charge is 2.36. The summed E-state index contributed by atoms with van der Waals surface area (Å²) in [5.74, 6) is -0.878. The van der Waals surface area contributed by atoms with E-state index in [0.717, 1.165) is 16.5 Å². The van der Waals surface area contributed by atoms with Gasteiger partial charge in [0, 0.05) is 55.4 Å². The number of piperidine rings is 1. The number of hydrogen-bond donors (Lipinski definition) is 1. The van der Waals surface area contributed by atoms with E-state index in [2.05, 4.69) is 15.6 Å². The van der Waals surface area contributed by atoms with Gasteiger partial charge in [0.25, 0.3) is 5.91 Å². The average Bonchev–Trinajstić information content (AvgIpc) is 3.54. The van der Waals surface area contributed by atoms with Crippen molar-refractivity contribution in [2.45, 2.75) is 24.2 Å². The van der Waals surface area contributed by atoms with Gasteiger partial charge in [0.1, 0.15) is 10.4 Å². The number of sulfonamides is 1. The Morgan fingerprint density at radius 3 is 2.85 bits per heavy atom. The second kappa shape index (κ2) is 10.0. The zero-order valence-electron chi connectivity index (χ0n) is 21.3. The molecule has 2 aliphatic rings. The first-order valence-electron chi connectivity index (χ1n) is 12.8. The molecule has 1 N–H and O–H groups in total. The van der Waals surface area contributed by atoms with E-state index in [-0.39, 0.29) is 28.8 Å². The number of ether oxygens (including phenoxy) is 1. The quantitative estimate of drug-likeness (QED) is 0.331. The molecule has 0 bridgehead atoms. The monoisotopic (exact) mass is 549 g/mol. The number of hydrogen-bond acceptors (Lipinski definition) is 8. The summed E-state index contributed by atoms with van der Waals surface area (Å²) in [6.07, 6.45) is 1.80. The predicted molar refractivity (Wildman–Crippen MR) is 144 cm³/mol. The number of carbonyl (C=O) groups is 2. The number of nitrogens with one attached hydrogen (secondary N) is 1. The number of fused-ring (bicyclic) bond motifs is 1. The van der Waals surface area contributed by atoms with Crippen molar-refractivity contribution in [2.24, 2.45) is 5.92 Å². The van der Waals surface area contributed by atoms with Crippen molar-refractivity contribution in [3.05, 3.63) is 54.1 Å². The number of aromatic nitrogens is 2. The highest BCUT2D eigenvalue weighted by Crippen LogP contribution is 2.41. The molecule has 2 aliphatic heterocycles. The van der Waals surface area contributed by atoms with Crippen molar-refractivity contribution < 1.29 is 27.4 Å². The zero-order valence-corrected chi connectivity index (χ0v) is 22.1. The van der Waals surface area contributed by atoms with Gasteiger partial charge in [-0.15, -0.1) is 0 Å². The zero-order chi connectivity index (χ0) is 27.1. The van der Waals surface area contributed by atoms with Gasteiger partial charge in [0.15, 0.2) is 5.52 Å². The summed E-state index contributed by atoms with van der Waals surface area (Å²) in [5, 5.41) is 12.1. The molecule has 39 heavy (non-hydrogen) atoms. The molecular formula is C27H27N5O6S. The van der Waals surface area contributed by atoms with Crippen molar-refractivity contribution in [1.29, 1.82) is 0 Å². The van der Waals surface area contributed by atoms with Gasteiger partial charge in [-0.1, -0.05) is 18.2 Å². The summed E-state index contributed by atoms with van der Waals surface area (Å²) in [6, 6.07) is 13.8. The van der Waals surface area contributed by atoms with E-state index in [4.69, 9.17) is 9.37 Å². The van der Waals surface area contributed by atoms with Crippen LogP contribution in [0.5, 0.6) is 0 Å². The van der Waals surface area contributed by atoms with Crippen LogP contribution in [0.2, 0.25) is 0 Å². The van der Waals surface area contributed by atoms with Gasteiger partial charge in [-0.3, -0.25) is 9.59 Å². The van der Waals surface area contributed by atoms with E-state index in [9.17, 15) is 18.0 Å². The molecule has 0 radical (unpaired) electrons. The van der Waals surface area contributed by atoms with E-state index in [1.165, 1.54) is 10.4 Å². The molecular weight excluding hydrogens is 522 g/mol. The lowest BCUT2D eigenvalue weighted by Gasteiger charge is -2.31. The molecule has 0 aliphatic carbocycles. The Morgan fingerprint density at radius 2 is 2.00 bits per heavy atom. The summed E-state index contributed by atoms with van der Waals surface area (Å²) in [7, 11) is -2.29. The van der Waals surface area contributed by atoms with Crippen LogP contribution in [0.1, 0.15) is 29.6 Å². The fraction of sp³-hybridized carbons (Fsp3) is 0.333. The molecule has 3 heterocycles. The summed E-state index contributed by atoms with van der Waals surface area (Å²) >= 11 is 0. The van der Waals surface area contributed by atoms with Crippen LogP contribution in [0.3, 0.4) is 0 Å². The molecule has 0 spiro atoms. The van der Waals surface area contributed by atoms with Crippen molar-refractivity contribution in [3.8, 4) is 0 Å². The maximum absolute atomic E-state index is 13.5. The van der Waals surface area contributed by atoms with Crippen molar-refractivity contribution in [2.75, 3.05) is 43.6 Å². The van der Waals surface area contributed by atoms with Gasteiger partial charge in [-0.05, 0) is 59.9 Å². The molecule has 11 nitrogen and oxygen atoms in total. The summed E-state index contributed by atoms with van der Waals surface area (Å²) in [4.78, 5) is 28.3. The van der Waals surface area contributed by atoms with Gasteiger partial charge in [-0.25, -0.2) is 13.0 Å². The van der Waals surface area contributed by atoms with Crippen LogP contribution in [0, 0.1) is 5.92 Å². The van der Waals surface area contributed by atoms with Crippen LogP contribution in [0.25, 0.3) is 21.8 Å². The third-order valence-electron chi connectivity index (χ3n) is 7.39. The summed E-state index contributed by atoms with van der Waals surface area (Å²) < 4.78 is 38.2. The van der Waals surface area contributed by atoms with Gasteiger partial charge in [0.2, 0.25) is 15.9 Å². The van der Waals surface area contributed by atoms with E-state index < -0.39 is 15.9 Å². The lowest BCUT2D eigenvalue weighted by atomic mass is 9.98. The van der Waals surface area contributed by atoms with Crippen molar-refractivity contribution in [3.63, 3.8) is 0 Å². The molecule has 3 aromatic carbocycles. The van der Waals surface area contributed by atoms with Crippen LogP contribution in [0.15, 0.2) is 58.1 Å². The predicted octanol–water partition coefficient (Wildman–Crippen LogP) is 3.41. The minimum Gasteiger partial charge on any atom is -0.385 e. The molecule has 0 saturated carbocycles. The standard InChI is InChI=1S/C27H27N5O6S/c1-37-15-5-14-32-22-12-11-20(18-7-2-8-19(24(18)22)27(32)34)28-26(33)17-6-4-13-31(16-17)39(35,36)23-10-3-9-21-25(23)30-38-29-21/h2-3,7-12,17H,4-6,13-16H2,1H3,(H,28,33). The second-order valence-corrected chi connectivity index (χ2v) is 11.6. The highest BCUT2D eigenvalue weighted by atomic mass is 32.2. The fourth-order valence-corrected chi connectivity index (χ4v) is 7.14. The number of carbonyl (C=O) groups excluding carboxylic acids is 2. The lowest BCUT2D eigenvalue weighted by Crippen LogP contribution is -2.43. The van der Waals surface area contributed by atoms with Crippen LogP contribution < -0.4 is 10.2 Å². The minimum atomic E-state index is -3.92. The van der Waals surface area contributed by atoms with Crippen LogP contribution in [-0.4, -0.2) is 68.2 Å². The molecule has 1 unspecified atom stereocenters. The lowest BCUT2D eigenvalue weighted by molar-refractivity contribution is -0.120. The number of amides is 2. The number of benzene rings is 3. The first-order chi connectivity index (χ1) is 18.9. The molecule has 202 valence electrons. The van der Waals surface area contributed by atoms with Gasteiger partial charge >= 0.3 is 0 Å². The van der Waals surface area contributed by atoms with E-state index in [1.54, 1.807) is 36.3 Å². The molecule has 2 amide bonds. The molecule has 1 fully saturated rings. The number of anilines is 2. The van der Waals surface area contributed by atoms with Gasteiger partial charge in [0.05, 0.1) is 11.6 Å². The normalized spacial score (nSPS) is 17.8. The highest BCUT2D eigenvalue weighted by molar-refractivity contribution is 7.89. The van der Waals surface area contributed by atoms with Gasteiger partial charge < -0.3 is 15.0 Å². The maximum atomic E-state index is 13.5. The largest absolute Gasteiger partial charge is 0.385 e. The first kappa shape index (κ1) is 25.4. The van der Waals surface area contributed by atoms with E-state index >= 15 is 0 Å². The Labute approximate surface area is 224 Å². The summed E-state index contributed by atoms with van der Waals surface area (Å²) in [5.41, 5.74) is 2.52. The molecule has 1 aromatic heterocycles. The van der Waals surface area contributed by atoms with Crippen molar-refractivity contribution >= 4 is 55.0 Å². The number of nitrogens with zero attached hydrogens (tertiary/aromatic N) is 4. The molecule has 12 heteroatoms. The van der Waals surface area contributed by atoms with Crippen LogP contribution in [0.4, 0.5) is 11.4 Å². The first-order valence-corrected chi connectivity index (χ1v) is 14.2. The molecule has 6 rings (SSSR count). The Bertz CT molecular complexity index is 1700. The number of methoxy groups -OCH3 is 1. The summed E-state index contributed by atoms with van der Waals surface area (Å²) in [6.45, 7) is 1.43. The average molecular weight is 550 g/mol. The Balaban J connectivity index is 1.24. The van der Waals surface area contributed by atoms with E-state index in [1.807, 2.05) is 18.2 Å². The Morgan fingerprint density at radius 1 is 1.15 bits per heavy atom. The third kappa shape index (κ3) is 4.34. The molecule has 1 saturated heterocycles. The smallest absolute Gasteiger partial charge is 0.258 e. The van der Waals surface area contributed by atoms with Gasteiger partial charge in [-0.2, -0.15) is 4.31 Å². The Kier molecular flexibility index (Phi) is 6.53. The van der Waals surface area contributed by atoms with Crippen molar-refractivity contribution in [1.82, 2.24) is 14.6 Å². The third-order valence-corrected chi connectivity index (χ3v) is 9.29. The van der Waals surface area contributed by atoms with Crippen LogP contribution in [-0.2, 0) is 19.6 Å². The number of rotatable bonds is 8. The molecule has 4 aromatic rings. The van der Waals surface area contributed by atoms with Crippen LogP contribution >= 0.6 is 0 Å². The SMILES string of the molecule is COCCCN1C(=O)c2cccc3c(NC(=O)C4CCCN(S(=O)(=O)c5cccc6nonc56)C4)ccc1c23. The minimum absolute atomic E-state index is 0.00883. The topological polar surface area (TPSA) is 135 Å². The van der Waals surface area contributed by atoms with E-state index in [0.29, 0.717) is 55.7 Å². The second-order valence-electron chi connectivity index (χ2n) is 9.74. The maximum Gasteiger partial charge on any atom is 0.258 e.